The lowest BCUT2D eigenvalue weighted by Gasteiger charge is -2.16. The van der Waals surface area contributed by atoms with Gasteiger partial charge in [-0.25, -0.2) is 4.98 Å². The van der Waals surface area contributed by atoms with Crippen LogP contribution in [0, 0.1) is 0 Å². The number of hydrogen-bond acceptors (Lipinski definition) is 4. The van der Waals surface area contributed by atoms with Gasteiger partial charge in [-0.15, -0.1) is 11.3 Å². The molecule has 0 aliphatic carbocycles. The number of rotatable bonds is 6. The second-order valence-corrected chi connectivity index (χ2v) is 6.52. The molecule has 5 heteroatoms. The van der Waals surface area contributed by atoms with Gasteiger partial charge in [0.05, 0.1) is 12.8 Å². The molecule has 4 nitrogen and oxygen atoms in total. The van der Waals surface area contributed by atoms with Gasteiger partial charge in [0, 0.05) is 30.1 Å². The molecule has 0 saturated heterocycles. The fourth-order valence-electron chi connectivity index (χ4n) is 2.51. The number of carbonyl (C=O) groups excluding carboxylic acids is 1. The van der Waals surface area contributed by atoms with Crippen LogP contribution in [-0.4, -0.2) is 25.0 Å². The standard InChI is InChI=1S/C20H20N2O2S/c1-22(17-8-4-3-5-9-17)19(23)12-11-16-14-25-20(21-16)15-7-6-10-18(13-15)24-2/h3-10,13-14H,11-12H2,1-2H3. The fourth-order valence-corrected chi connectivity index (χ4v) is 3.36. The average molecular weight is 352 g/mol. The Balaban J connectivity index is 1.62. The second kappa shape index (κ2) is 7.94. The molecule has 0 aliphatic rings. The Morgan fingerprint density at radius 3 is 2.72 bits per heavy atom. The number of methoxy groups -OCH3 is 1. The van der Waals surface area contributed by atoms with Gasteiger partial charge < -0.3 is 9.64 Å². The van der Waals surface area contributed by atoms with E-state index in [0.29, 0.717) is 12.8 Å². The van der Waals surface area contributed by atoms with Crippen LogP contribution in [0.5, 0.6) is 5.75 Å². The lowest BCUT2D eigenvalue weighted by molar-refractivity contribution is -0.118. The van der Waals surface area contributed by atoms with Crippen LogP contribution >= 0.6 is 11.3 Å². The Morgan fingerprint density at radius 1 is 1.16 bits per heavy atom. The number of hydrogen-bond donors (Lipinski definition) is 0. The summed E-state index contributed by atoms with van der Waals surface area (Å²) in [5, 5.41) is 2.96. The molecule has 0 spiro atoms. The predicted molar refractivity (Wildman–Crippen MR) is 102 cm³/mol. The summed E-state index contributed by atoms with van der Waals surface area (Å²) in [6.45, 7) is 0. The summed E-state index contributed by atoms with van der Waals surface area (Å²) in [7, 11) is 3.46. The van der Waals surface area contributed by atoms with Crippen molar-refractivity contribution in [3.8, 4) is 16.3 Å². The number of aromatic nitrogens is 1. The summed E-state index contributed by atoms with van der Waals surface area (Å²) in [6.07, 6.45) is 1.07. The first-order valence-electron chi connectivity index (χ1n) is 8.08. The van der Waals surface area contributed by atoms with Crippen molar-refractivity contribution >= 4 is 22.9 Å². The lowest BCUT2D eigenvalue weighted by Crippen LogP contribution is -2.26. The first-order chi connectivity index (χ1) is 12.2. The number of nitrogens with zero attached hydrogens (tertiary/aromatic N) is 2. The van der Waals surface area contributed by atoms with Gasteiger partial charge in [0.1, 0.15) is 10.8 Å². The summed E-state index contributed by atoms with van der Waals surface area (Å²) >= 11 is 1.59. The Kier molecular flexibility index (Phi) is 5.46. The zero-order chi connectivity index (χ0) is 17.6. The Labute approximate surface area is 151 Å². The number of anilines is 1. The van der Waals surface area contributed by atoms with Gasteiger partial charge in [0.15, 0.2) is 0 Å². The van der Waals surface area contributed by atoms with Crippen LogP contribution in [0.1, 0.15) is 12.1 Å². The summed E-state index contributed by atoms with van der Waals surface area (Å²) in [4.78, 5) is 18.7. The third kappa shape index (κ3) is 4.25. The zero-order valence-corrected chi connectivity index (χ0v) is 15.1. The molecular weight excluding hydrogens is 332 g/mol. The number of aryl methyl sites for hydroxylation is 1. The van der Waals surface area contributed by atoms with E-state index in [1.807, 2.05) is 60.0 Å². The van der Waals surface area contributed by atoms with Crippen LogP contribution < -0.4 is 9.64 Å². The van der Waals surface area contributed by atoms with Crippen LogP contribution in [0.4, 0.5) is 5.69 Å². The fraction of sp³-hybridized carbons (Fsp3) is 0.200. The van der Waals surface area contributed by atoms with E-state index in [1.165, 1.54) is 0 Å². The number of para-hydroxylation sites is 1. The van der Waals surface area contributed by atoms with Crippen molar-refractivity contribution in [3.05, 3.63) is 65.7 Å². The van der Waals surface area contributed by atoms with E-state index in [-0.39, 0.29) is 5.91 Å². The maximum atomic E-state index is 12.4. The second-order valence-electron chi connectivity index (χ2n) is 5.66. The minimum Gasteiger partial charge on any atom is -0.497 e. The molecule has 0 bridgehead atoms. The van der Waals surface area contributed by atoms with E-state index in [1.54, 1.807) is 30.4 Å². The monoisotopic (exact) mass is 352 g/mol. The molecule has 0 radical (unpaired) electrons. The van der Waals surface area contributed by atoms with E-state index < -0.39 is 0 Å². The maximum absolute atomic E-state index is 12.4. The van der Waals surface area contributed by atoms with Crippen LogP contribution in [-0.2, 0) is 11.2 Å². The highest BCUT2D eigenvalue weighted by Crippen LogP contribution is 2.27. The van der Waals surface area contributed by atoms with Crippen molar-refractivity contribution in [2.75, 3.05) is 19.1 Å². The minimum atomic E-state index is 0.0853. The van der Waals surface area contributed by atoms with E-state index in [4.69, 9.17) is 4.74 Å². The van der Waals surface area contributed by atoms with Crippen molar-refractivity contribution in [1.29, 1.82) is 0 Å². The van der Waals surface area contributed by atoms with E-state index in [9.17, 15) is 4.79 Å². The molecule has 1 heterocycles. The molecule has 1 aromatic heterocycles. The molecule has 128 valence electrons. The molecular formula is C20H20N2O2S. The van der Waals surface area contributed by atoms with Gasteiger partial charge in [-0.1, -0.05) is 30.3 Å². The minimum absolute atomic E-state index is 0.0853. The van der Waals surface area contributed by atoms with Crippen molar-refractivity contribution in [2.45, 2.75) is 12.8 Å². The van der Waals surface area contributed by atoms with Gasteiger partial charge in [-0.3, -0.25) is 4.79 Å². The molecule has 0 unspecified atom stereocenters. The number of ether oxygens (including phenoxy) is 1. The van der Waals surface area contributed by atoms with Crippen molar-refractivity contribution in [2.24, 2.45) is 0 Å². The molecule has 0 N–H and O–H groups in total. The van der Waals surface area contributed by atoms with Gasteiger partial charge >= 0.3 is 0 Å². The molecule has 25 heavy (non-hydrogen) atoms. The lowest BCUT2D eigenvalue weighted by atomic mass is 10.2. The smallest absolute Gasteiger partial charge is 0.227 e. The van der Waals surface area contributed by atoms with Gasteiger partial charge in [-0.05, 0) is 30.7 Å². The third-order valence-electron chi connectivity index (χ3n) is 3.98. The Bertz CT molecular complexity index is 846. The molecule has 0 aliphatic heterocycles. The summed E-state index contributed by atoms with van der Waals surface area (Å²) in [6, 6.07) is 17.5. The van der Waals surface area contributed by atoms with Gasteiger partial charge in [0.25, 0.3) is 0 Å². The van der Waals surface area contributed by atoms with Gasteiger partial charge in [-0.2, -0.15) is 0 Å². The first-order valence-corrected chi connectivity index (χ1v) is 8.96. The Hall–Kier alpha value is -2.66. The predicted octanol–water partition coefficient (Wildman–Crippen LogP) is 4.41. The summed E-state index contributed by atoms with van der Waals surface area (Å²) in [5.74, 6) is 0.899. The SMILES string of the molecule is COc1cccc(-c2nc(CCC(=O)N(C)c3ccccc3)cs2)c1. The highest BCUT2D eigenvalue weighted by Gasteiger charge is 2.12. The zero-order valence-electron chi connectivity index (χ0n) is 14.3. The number of benzene rings is 2. The molecule has 2 aromatic carbocycles. The van der Waals surface area contributed by atoms with Gasteiger partial charge in [0.2, 0.25) is 5.91 Å². The molecule has 0 fully saturated rings. The number of thiazole rings is 1. The topological polar surface area (TPSA) is 42.4 Å². The molecule has 3 rings (SSSR count). The Morgan fingerprint density at radius 2 is 1.96 bits per heavy atom. The molecule has 3 aromatic rings. The maximum Gasteiger partial charge on any atom is 0.227 e. The van der Waals surface area contributed by atoms with Crippen LogP contribution in [0.3, 0.4) is 0 Å². The van der Waals surface area contributed by atoms with Crippen LogP contribution in [0.15, 0.2) is 60.0 Å². The first kappa shape index (κ1) is 17.2. The molecule has 0 atom stereocenters. The number of carbonyl (C=O) groups is 1. The summed E-state index contributed by atoms with van der Waals surface area (Å²) in [5.41, 5.74) is 2.88. The summed E-state index contributed by atoms with van der Waals surface area (Å²) < 4.78 is 5.26. The molecule has 1 amide bonds. The number of amides is 1. The average Bonchev–Trinajstić information content (AvgIpc) is 3.15. The normalized spacial score (nSPS) is 10.5. The molecule has 0 saturated carbocycles. The van der Waals surface area contributed by atoms with E-state index in [0.717, 1.165) is 27.7 Å². The highest BCUT2D eigenvalue weighted by molar-refractivity contribution is 7.13. The van der Waals surface area contributed by atoms with E-state index in [2.05, 4.69) is 4.98 Å². The van der Waals surface area contributed by atoms with E-state index >= 15 is 0 Å². The largest absolute Gasteiger partial charge is 0.497 e. The van der Waals surface area contributed by atoms with Crippen molar-refractivity contribution in [1.82, 2.24) is 4.98 Å². The third-order valence-corrected chi connectivity index (χ3v) is 4.92. The van der Waals surface area contributed by atoms with Crippen molar-refractivity contribution < 1.29 is 9.53 Å². The van der Waals surface area contributed by atoms with Crippen LogP contribution in [0.2, 0.25) is 0 Å². The van der Waals surface area contributed by atoms with Crippen molar-refractivity contribution in [3.63, 3.8) is 0 Å². The highest BCUT2D eigenvalue weighted by atomic mass is 32.1. The quantitative estimate of drug-likeness (QED) is 0.660. The van der Waals surface area contributed by atoms with Crippen LogP contribution in [0.25, 0.3) is 10.6 Å².